The minimum Gasteiger partial charge on any atom is -0.492 e. The first-order chi connectivity index (χ1) is 14.6. The third kappa shape index (κ3) is 6.66. The second kappa shape index (κ2) is 11.1. The molecule has 30 heavy (non-hydrogen) atoms. The van der Waals surface area contributed by atoms with Crippen LogP contribution < -0.4 is 15.0 Å². The molecule has 7 nitrogen and oxygen atoms in total. The molecule has 1 saturated heterocycles. The van der Waals surface area contributed by atoms with Crippen molar-refractivity contribution < 1.29 is 14.3 Å². The number of imide groups is 1. The smallest absolute Gasteiger partial charge is 0.286 e. The van der Waals surface area contributed by atoms with Crippen LogP contribution in [0.5, 0.6) is 5.75 Å². The number of nitrogens with one attached hydrogen (secondary N) is 2. The van der Waals surface area contributed by atoms with Crippen LogP contribution in [-0.2, 0) is 11.2 Å². The Balaban J connectivity index is 0.000000448. The van der Waals surface area contributed by atoms with Gasteiger partial charge in [-0.2, -0.15) is 0 Å². The predicted octanol–water partition coefficient (Wildman–Crippen LogP) is 3.51. The molecular formula is C22H24N4O3S. The molecule has 1 aliphatic heterocycles. The van der Waals surface area contributed by atoms with E-state index >= 15 is 0 Å². The third-order valence-electron chi connectivity index (χ3n) is 4.34. The van der Waals surface area contributed by atoms with E-state index < -0.39 is 0 Å². The number of aromatic amines is 1. The number of carbonyl (C=O) groups is 2. The summed E-state index contributed by atoms with van der Waals surface area (Å²) >= 11 is 1.05. The Morgan fingerprint density at radius 3 is 2.40 bits per heavy atom. The molecule has 0 aliphatic carbocycles. The molecular weight excluding hydrogens is 400 g/mol. The van der Waals surface area contributed by atoms with Crippen molar-refractivity contribution in [2.24, 2.45) is 0 Å². The van der Waals surface area contributed by atoms with E-state index in [1.807, 2.05) is 78.9 Å². The Kier molecular flexibility index (Phi) is 7.91. The lowest BCUT2D eigenvalue weighted by molar-refractivity contribution is -0.118. The van der Waals surface area contributed by atoms with Gasteiger partial charge in [0.25, 0.3) is 5.24 Å². The number of hydrogen-bond donors (Lipinski definition) is 2. The summed E-state index contributed by atoms with van der Waals surface area (Å²) in [5.41, 5.74) is 1.00. The van der Waals surface area contributed by atoms with E-state index in [1.165, 1.54) is 0 Å². The zero-order valence-electron chi connectivity index (χ0n) is 16.7. The van der Waals surface area contributed by atoms with Gasteiger partial charge >= 0.3 is 0 Å². The van der Waals surface area contributed by atoms with E-state index in [-0.39, 0.29) is 16.4 Å². The number of hydrogen-bond acceptors (Lipinski definition) is 6. The number of rotatable bonds is 7. The second-order valence-corrected chi connectivity index (χ2v) is 7.75. The number of thioether (sulfide) groups is 1. The van der Waals surface area contributed by atoms with E-state index in [4.69, 9.17) is 4.74 Å². The number of likely N-dealkylation sites (N-methyl/N-ethyl adjacent to an activating group) is 1. The maximum atomic E-state index is 11.6. The van der Waals surface area contributed by atoms with Crippen LogP contribution in [0.25, 0.3) is 0 Å². The first kappa shape index (κ1) is 21.4. The van der Waals surface area contributed by atoms with Crippen LogP contribution in [0.15, 0.2) is 73.2 Å². The molecule has 3 heterocycles. The number of H-pyrrole nitrogens is 1. The summed E-state index contributed by atoms with van der Waals surface area (Å²) < 4.78 is 5.75. The van der Waals surface area contributed by atoms with Crippen molar-refractivity contribution in [3.63, 3.8) is 0 Å². The minimum absolute atomic E-state index is 0.215. The van der Waals surface area contributed by atoms with E-state index in [0.29, 0.717) is 13.0 Å². The highest BCUT2D eigenvalue weighted by Gasteiger charge is 2.31. The van der Waals surface area contributed by atoms with Gasteiger partial charge in [-0.25, -0.2) is 4.98 Å². The maximum Gasteiger partial charge on any atom is 0.286 e. The minimum atomic E-state index is -0.341. The quantitative estimate of drug-likeness (QED) is 0.604. The molecule has 1 aromatic carbocycles. The first-order valence-electron chi connectivity index (χ1n) is 9.55. The number of anilines is 1. The van der Waals surface area contributed by atoms with Crippen LogP contribution in [0.3, 0.4) is 0 Å². The zero-order chi connectivity index (χ0) is 21.2. The van der Waals surface area contributed by atoms with Crippen molar-refractivity contribution in [3.05, 3.63) is 78.8 Å². The van der Waals surface area contributed by atoms with E-state index in [9.17, 15) is 9.59 Å². The highest BCUT2D eigenvalue weighted by Crippen LogP contribution is 2.23. The summed E-state index contributed by atoms with van der Waals surface area (Å²) in [6.45, 7) is 1.27. The lowest BCUT2D eigenvalue weighted by Crippen LogP contribution is -2.25. The SMILES string of the molecule is CN(CCOc1ccc(CC2SC(=O)NC2=O)cc1)c1ccccn1.c1cc[nH]c1. The van der Waals surface area contributed by atoms with Gasteiger partial charge in [-0.3, -0.25) is 14.9 Å². The van der Waals surface area contributed by atoms with Gasteiger partial charge in [-0.1, -0.05) is 30.0 Å². The van der Waals surface area contributed by atoms with Gasteiger partial charge in [0.1, 0.15) is 18.2 Å². The van der Waals surface area contributed by atoms with Crippen LogP contribution in [0.1, 0.15) is 5.56 Å². The van der Waals surface area contributed by atoms with E-state index in [0.717, 1.165) is 35.4 Å². The normalized spacial score (nSPS) is 15.2. The molecule has 4 rings (SSSR count). The molecule has 0 radical (unpaired) electrons. The number of pyridine rings is 1. The number of carbonyl (C=O) groups excluding carboxylic acids is 2. The van der Waals surface area contributed by atoms with Crippen LogP contribution in [-0.4, -0.2) is 46.6 Å². The van der Waals surface area contributed by atoms with Crippen molar-refractivity contribution in [2.45, 2.75) is 11.7 Å². The standard InChI is InChI=1S/C18H19N3O3S.C4H5N/c1-21(16-4-2-3-9-19-16)10-11-24-14-7-5-13(6-8-14)12-15-17(22)20-18(23)25-15;1-2-4-5-3-1/h2-9,15H,10-12H2,1H3,(H,20,22,23);1-5H. The Hall–Kier alpha value is -3.26. The first-order valence-corrected chi connectivity index (χ1v) is 10.4. The largest absolute Gasteiger partial charge is 0.492 e. The molecule has 2 amide bonds. The summed E-state index contributed by atoms with van der Waals surface area (Å²) in [6, 6.07) is 17.3. The monoisotopic (exact) mass is 424 g/mol. The number of benzene rings is 1. The van der Waals surface area contributed by atoms with Crippen LogP contribution in [0.2, 0.25) is 0 Å². The summed E-state index contributed by atoms with van der Waals surface area (Å²) in [5, 5.41) is 1.69. The van der Waals surface area contributed by atoms with Crippen molar-refractivity contribution in [1.29, 1.82) is 0 Å². The topological polar surface area (TPSA) is 87.3 Å². The van der Waals surface area contributed by atoms with E-state index in [2.05, 4.69) is 15.3 Å². The lowest BCUT2D eigenvalue weighted by Gasteiger charge is -2.18. The highest BCUT2D eigenvalue weighted by atomic mass is 32.2. The molecule has 0 bridgehead atoms. The Labute approximate surface area is 179 Å². The average molecular weight is 425 g/mol. The van der Waals surface area contributed by atoms with Crippen molar-refractivity contribution >= 4 is 28.7 Å². The third-order valence-corrected chi connectivity index (χ3v) is 5.32. The maximum absolute atomic E-state index is 11.6. The Bertz CT molecular complexity index is 900. The molecule has 2 aromatic heterocycles. The van der Waals surface area contributed by atoms with Gasteiger partial charge in [0, 0.05) is 25.6 Å². The van der Waals surface area contributed by atoms with Crippen LogP contribution in [0, 0.1) is 0 Å². The second-order valence-electron chi connectivity index (χ2n) is 6.57. The van der Waals surface area contributed by atoms with Gasteiger partial charge in [0.05, 0.1) is 11.8 Å². The van der Waals surface area contributed by atoms with Crippen LogP contribution >= 0.6 is 11.8 Å². The van der Waals surface area contributed by atoms with Gasteiger partial charge in [-0.15, -0.1) is 0 Å². The summed E-state index contributed by atoms with van der Waals surface area (Å²) in [4.78, 5) is 32.0. The molecule has 8 heteroatoms. The van der Waals surface area contributed by atoms with E-state index in [1.54, 1.807) is 6.20 Å². The molecule has 3 aromatic rings. The highest BCUT2D eigenvalue weighted by molar-refractivity contribution is 8.15. The van der Waals surface area contributed by atoms with Gasteiger partial charge in [0.2, 0.25) is 5.91 Å². The van der Waals surface area contributed by atoms with Crippen molar-refractivity contribution in [1.82, 2.24) is 15.3 Å². The molecule has 1 aliphatic rings. The fourth-order valence-corrected chi connectivity index (χ4v) is 3.60. The summed E-state index contributed by atoms with van der Waals surface area (Å²) in [7, 11) is 1.97. The fraction of sp³-hybridized carbons (Fsp3) is 0.227. The number of aromatic nitrogens is 2. The van der Waals surface area contributed by atoms with Gasteiger partial charge < -0.3 is 14.6 Å². The van der Waals surface area contributed by atoms with Crippen molar-refractivity contribution in [3.8, 4) is 5.75 Å². The number of ether oxygens (including phenoxy) is 1. The molecule has 1 unspecified atom stereocenters. The van der Waals surface area contributed by atoms with Crippen molar-refractivity contribution in [2.75, 3.05) is 25.1 Å². The molecule has 156 valence electrons. The number of nitrogens with zero attached hydrogens (tertiary/aromatic N) is 2. The molecule has 0 saturated carbocycles. The fourth-order valence-electron chi connectivity index (χ4n) is 2.74. The molecule has 2 N–H and O–H groups in total. The zero-order valence-corrected chi connectivity index (χ0v) is 17.5. The molecule has 0 spiro atoms. The van der Waals surface area contributed by atoms with Gasteiger partial charge in [-0.05, 0) is 48.4 Å². The van der Waals surface area contributed by atoms with Crippen LogP contribution in [0.4, 0.5) is 10.6 Å². The lowest BCUT2D eigenvalue weighted by atomic mass is 10.1. The van der Waals surface area contributed by atoms with Gasteiger partial charge in [0.15, 0.2) is 0 Å². The summed E-state index contributed by atoms with van der Waals surface area (Å²) in [5.74, 6) is 1.47. The Morgan fingerprint density at radius 1 is 1.07 bits per heavy atom. The Morgan fingerprint density at radius 2 is 1.83 bits per heavy atom. The molecule has 1 atom stereocenters. The summed E-state index contributed by atoms with van der Waals surface area (Å²) in [6.07, 6.45) is 6.05. The predicted molar refractivity (Wildman–Crippen MR) is 119 cm³/mol. The average Bonchev–Trinajstić information content (AvgIpc) is 3.44. The number of amides is 2. The molecule has 1 fully saturated rings.